The summed E-state index contributed by atoms with van der Waals surface area (Å²) in [7, 11) is 0. The zero-order valence-corrected chi connectivity index (χ0v) is 31.1. The fraction of sp³-hybridized carbons (Fsp3) is 0.113. The first kappa shape index (κ1) is 33.7. The fourth-order valence-electron chi connectivity index (χ4n) is 9.06. The Morgan fingerprint density at radius 2 is 0.857 bits per heavy atom. The third kappa shape index (κ3) is 6.01. The van der Waals surface area contributed by atoms with Crippen LogP contribution in [0.5, 0.6) is 0 Å². The fourth-order valence-corrected chi connectivity index (χ4v) is 9.06. The molecule has 0 saturated heterocycles. The van der Waals surface area contributed by atoms with Crippen LogP contribution in [0.4, 0.5) is 5.69 Å². The van der Waals surface area contributed by atoms with Gasteiger partial charge < -0.3 is 0 Å². The van der Waals surface area contributed by atoms with E-state index in [-0.39, 0.29) is 5.41 Å². The molecule has 0 radical (unpaired) electrons. The molecule has 1 saturated carbocycles. The van der Waals surface area contributed by atoms with Crippen LogP contribution in [0.1, 0.15) is 43.2 Å². The number of rotatable bonds is 6. The number of benzene rings is 7. The van der Waals surface area contributed by atoms with E-state index in [0.29, 0.717) is 0 Å². The summed E-state index contributed by atoms with van der Waals surface area (Å²) in [6.45, 7) is 7.68. The monoisotopic (exact) mass is 717 g/mol. The van der Waals surface area contributed by atoms with Crippen LogP contribution in [0.25, 0.3) is 83.3 Å². The molecule has 1 fully saturated rings. The Bertz CT molecular complexity index is 2700. The standard InChI is InChI=1S/C53H39N3/c1-54-45-27-29-47-46-28-26-44(33-48(46)53(49(47)34-45)30-9-4-10-31-53)43-17-11-16-42(32-43)38-20-18-36(19-21-38)37-22-24-40(25-23-37)51-35-50(39-12-5-2-6-13-39)55-52(56-51)41-14-7-3-8-15-41/h2-3,5-8,11-29,32-35H,4,9-10,30-31H2. The molecule has 0 N–H and O–H groups in total. The van der Waals surface area contributed by atoms with Crippen LogP contribution in [-0.2, 0) is 5.41 Å². The first-order valence-corrected chi connectivity index (χ1v) is 19.6. The van der Waals surface area contributed by atoms with Gasteiger partial charge in [0.05, 0.1) is 18.0 Å². The summed E-state index contributed by atoms with van der Waals surface area (Å²) in [4.78, 5) is 13.8. The van der Waals surface area contributed by atoms with Gasteiger partial charge in [-0.1, -0.05) is 177 Å². The molecule has 0 atom stereocenters. The van der Waals surface area contributed by atoms with Crippen molar-refractivity contribution in [3.05, 3.63) is 198 Å². The van der Waals surface area contributed by atoms with Gasteiger partial charge in [0, 0.05) is 22.1 Å². The second-order valence-electron chi connectivity index (χ2n) is 15.2. The van der Waals surface area contributed by atoms with E-state index in [4.69, 9.17) is 16.5 Å². The van der Waals surface area contributed by atoms with Gasteiger partial charge in [-0.2, -0.15) is 0 Å². The zero-order valence-electron chi connectivity index (χ0n) is 31.1. The summed E-state index contributed by atoms with van der Waals surface area (Å²) in [5.41, 5.74) is 18.3. The van der Waals surface area contributed by atoms with Gasteiger partial charge in [0.1, 0.15) is 0 Å². The minimum absolute atomic E-state index is 0.0102. The first-order chi connectivity index (χ1) is 27.6. The summed E-state index contributed by atoms with van der Waals surface area (Å²) < 4.78 is 0. The van der Waals surface area contributed by atoms with E-state index in [0.717, 1.165) is 58.0 Å². The van der Waals surface area contributed by atoms with Gasteiger partial charge in [0.25, 0.3) is 0 Å². The summed E-state index contributed by atoms with van der Waals surface area (Å²) in [6.07, 6.45) is 6.05. The van der Waals surface area contributed by atoms with Gasteiger partial charge >= 0.3 is 0 Å². The van der Waals surface area contributed by atoms with Crippen LogP contribution in [0.15, 0.2) is 176 Å². The van der Waals surface area contributed by atoms with Crippen LogP contribution in [0.2, 0.25) is 0 Å². The molecule has 1 spiro atoms. The molecular weight excluding hydrogens is 679 g/mol. The first-order valence-electron chi connectivity index (χ1n) is 19.6. The van der Waals surface area contributed by atoms with Crippen molar-refractivity contribution in [2.24, 2.45) is 0 Å². The number of fused-ring (bicyclic) bond motifs is 5. The number of hydrogen-bond acceptors (Lipinski definition) is 2. The van der Waals surface area contributed by atoms with Crippen LogP contribution in [0, 0.1) is 6.57 Å². The highest BCUT2D eigenvalue weighted by Crippen LogP contribution is 2.57. The smallest absolute Gasteiger partial charge is 0.187 e. The van der Waals surface area contributed by atoms with E-state index >= 15 is 0 Å². The SMILES string of the molecule is [C-]#[N+]c1ccc2c(c1)C1(CCCCC1)c1cc(-c3cccc(-c4ccc(-c5ccc(-c6cc(-c7ccccc7)nc(-c7ccccc7)n6)cc5)cc4)c3)ccc1-2. The average Bonchev–Trinajstić information content (AvgIpc) is 3.54. The highest BCUT2D eigenvalue weighted by atomic mass is 14.9. The van der Waals surface area contributed by atoms with Crippen molar-refractivity contribution in [2.45, 2.75) is 37.5 Å². The van der Waals surface area contributed by atoms with E-state index in [9.17, 15) is 0 Å². The molecule has 2 aliphatic rings. The van der Waals surface area contributed by atoms with E-state index in [1.807, 2.05) is 42.5 Å². The Kier molecular flexibility index (Phi) is 8.46. The Morgan fingerprint density at radius 1 is 0.393 bits per heavy atom. The van der Waals surface area contributed by atoms with Crippen LogP contribution in [-0.4, -0.2) is 9.97 Å². The lowest BCUT2D eigenvalue weighted by atomic mass is 9.67. The van der Waals surface area contributed by atoms with Gasteiger partial charge in [0.15, 0.2) is 11.5 Å². The predicted molar refractivity (Wildman–Crippen MR) is 230 cm³/mol. The number of hydrogen-bond donors (Lipinski definition) is 0. The van der Waals surface area contributed by atoms with Crippen LogP contribution >= 0.6 is 0 Å². The van der Waals surface area contributed by atoms with Crippen molar-refractivity contribution < 1.29 is 0 Å². The van der Waals surface area contributed by atoms with Gasteiger partial charge in [-0.3, -0.25) is 0 Å². The highest BCUT2D eigenvalue weighted by molar-refractivity contribution is 5.86. The van der Waals surface area contributed by atoms with Crippen molar-refractivity contribution in [1.82, 2.24) is 9.97 Å². The van der Waals surface area contributed by atoms with Gasteiger partial charge in [-0.15, -0.1) is 0 Å². The molecule has 1 aromatic heterocycles. The molecule has 3 nitrogen and oxygen atoms in total. The highest BCUT2D eigenvalue weighted by Gasteiger charge is 2.43. The van der Waals surface area contributed by atoms with Gasteiger partial charge in [0.2, 0.25) is 0 Å². The topological polar surface area (TPSA) is 30.1 Å². The predicted octanol–water partition coefficient (Wildman–Crippen LogP) is 14.3. The average molecular weight is 718 g/mol. The lowest BCUT2D eigenvalue weighted by molar-refractivity contribution is 0.353. The molecule has 0 amide bonds. The molecule has 7 aromatic carbocycles. The third-order valence-electron chi connectivity index (χ3n) is 11.9. The maximum Gasteiger partial charge on any atom is 0.187 e. The normalized spacial score (nSPS) is 13.8. The van der Waals surface area contributed by atoms with E-state index in [2.05, 4.69) is 138 Å². The second-order valence-corrected chi connectivity index (χ2v) is 15.2. The summed E-state index contributed by atoms with van der Waals surface area (Å²) in [5, 5.41) is 0. The molecular formula is C53H39N3. The molecule has 8 aromatic rings. The van der Waals surface area contributed by atoms with Crippen molar-refractivity contribution >= 4 is 5.69 Å². The van der Waals surface area contributed by atoms with Gasteiger partial charge in [-0.25, -0.2) is 14.8 Å². The molecule has 0 bridgehead atoms. The van der Waals surface area contributed by atoms with E-state index in [1.54, 1.807) is 0 Å². The van der Waals surface area contributed by atoms with Crippen molar-refractivity contribution in [2.75, 3.05) is 0 Å². The molecule has 1 heterocycles. The molecule has 2 aliphatic carbocycles. The van der Waals surface area contributed by atoms with Gasteiger partial charge in [-0.05, 0) is 86.7 Å². The molecule has 0 aliphatic heterocycles. The van der Waals surface area contributed by atoms with Crippen LogP contribution in [0.3, 0.4) is 0 Å². The largest absolute Gasteiger partial charge is 0.238 e. The molecule has 266 valence electrons. The van der Waals surface area contributed by atoms with Crippen LogP contribution < -0.4 is 0 Å². The minimum Gasteiger partial charge on any atom is -0.238 e. The third-order valence-corrected chi connectivity index (χ3v) is 11.9. The van der Waals surface area contributed by atoms with E-state index in [1.165, 1.54) is 69.3 Å². The lowest BCUT2D eigenvalue weighted by Gasteiger charge is -2.36. The molecule has 0 unspecified atom stereocenters. The molecule has 3 heteroatoms. The van der Waals surface area contributed by atoms with E-state index < -0.39 is 0 Å². The summed E-state index contributed by atoms with van der Waals surface area (Å²) in [6, 6.07) is 62.5. The lowest BCUT2D eigenvalue weighted by Crippen LogP contribution is -2.28. The van der Waals surface area contributed by atoms with Crippen molar-refractivity contribution in [3.8, 4) is 78.4 Å². The summed E-state index contributed by atoms with van der Waals surface area (Å²) in [5.74, 6) is 0.719. The minimum atomic E-state index is 0.0102. The molecule has 10 rings (SSSR count). The second kappa shape index (κ2) is 14.1. The summed E-state index contributed by atoms with van der Waals surface area (Å²) >= 11 is 0. The van der Waals surface area contributed by atoms with Crippen molar-refractivity contribution in [3.63, 3.8) is 0 Å². The zero-order chi connectivity index (χ0) is 37.5. The maximum atomic E-state index is 7.68. The maximum absolute atomic E-state index is 7.68. The number of nitrogens with zero attached hydrogens (tertiary/aromatic N) is 3. The Morgan fingerprint density at radius 3 is 1.48 bits per heavy atom. The quantitative estimate of drug-likeness (QED) is 0.160. The Labute approximate surface area is 328 Å². The Balaban J connectivity index is 0.925. The Hall–Kier alpha value is -6.89. The number of aromatic nitrogens is 2. The van der Waals surface area contributed by atoms with Crippen molar-refractivity contribution in [1.29, 1.82) is 0 Å². The molecule has 56 heavy (non-hydrogen) atoms.